The van der Waals surface area contributed by atoms with Crippen molar-refractivity contribution in [1.29, 1.82) is 0 Å². The average molecular weight is 258 g/mol. The van der Waals surface area contributed by atoms with E-state index in [1.54, 1.807) is 12.1 Å². The normalized spacial score (nSPS) is 10.9. The topological polar surface area (TPSA) is 50.2 Å². The van der Waals surface area contributed by atoms with E-state index in [1.807, 2.05) is 30.3 Å². The number of nitrogens with zero attached hydrogens (tertiary/aromatic N) is 1. The number of hydrogen-bond donors (Lipinski definition) is 1. The summed E-state index contributed by atoms with van der Waals surface area (Å²) in [6, 6.07) is 12.9. The lowest BCUT2D eigenvalue weighted by Gasteiger charge is -2.06. The molecule has 0 spiro atoms. The zero-order chi connectivity index (χ0) is 12.7. The van der Waals surface area contributed by atoms with Crippen LogP contribution in [0.3, 0.4) is 0 Å². The maximum Gasteiger partial charge on any atom is 0.339 e. The van der Waals surface area contributed by atoms with Gasteiger partial charge in [0.2, 0.25) is 0 Å². The minimum atomic E-state index is -1.06. The summed E-state index contributed by atoms with van der Waals surface area (Å²) in [6.07, 6.45) is 0. The van der Waals surface area contributed by atoms with Crippen molar-refractivity contribution >= 4 is 39.4 Å². The second-order valence-corrected chi connectivity index (χ2v) is 4.39. The van der Waals surface area contributed by atoms with Crippen molar-refractivity contribution in [3.63, 3.8) is 0 Å². The van der Waals surface area contributed by atoms with Gasteiger partial charge in [-0.2, -0.15) is 0 Å². The van der Waals surface area contributed by atoms with Crippen LogP contribution in [0, 0.1) is 0 Å². The van der Waals surface area contributed by atoms with Crippen molar-refractivity contribution in [1.82, 2.24) is 4.98 Å². The van der Waals surface area contributed by atoms with E-state index in [9.17, 15) is 9.90 Å². The Morgan fingerprint density at radius 3 is 2.67 bits per heavy atom. The van der Waals surface area contributed by atoms with E-state index in [0.29, 0.717) is 5.52 Å². The van der Waals surface area contributed by atoms with Crippen LogP contribution < -0.4 is 0 Å². The fourth-order valence-corrected chi connectivity index (χ4v) is 2.26. The number of benzene rings is 2. The predicted molar refractivity (Wildman–Crippen MR) is 71.2 cm³/mol. The molecule has 3 rings (SSSR count). The van der Waals surface area contributed by atoms with E-state index >= 15 is 0 Å². The second kappa shape index (κ2) is 3.96. The quantitative estimate of drug-likeness (QED) is 0.676. The third-order valence-electron chi connectivity index (χ3n) is 2.85. The predicted octanol–water partition coefficient (Wildman–Crippen LogP) is 3.74. The van der Waals surface area contributed by atoms with Gasteiger partial charge in [-0.3, -0.25) is 0 Å². The Hall–Kier alpha value is -2.13. The highest BCUT2D eigenvalue weighted by Crippen LogP contribution is 2.27. The van der Waals surface area contributed by atoms with E-state index in [0.717, 1.165) is 16.3 Å². The molecule has 0 saturated heterocycles. The molecule has 0 atom stereocenters. The molecule has 0 unspecified atom stereocenters. The van der Waals surface area contributed by atoms with Crippen LogP contribution in [0.4, 0.5) is 0 Å². The molecule has 18 heavy (non-hydrogen) atoms. The Labute approximate surface area is 108 Å². The van der Waals surface area contributed by atoms with E-state index < -0.39 is 5.97 Å². The molecule has 2 aromatic carbocycles. The number of halogens is 1. The molecule has 4 heteroatoms. The summed E-state index contributed by atoms with van der Waals surface area (Å²) in [5, 5.41) is 11.2. The highest BCUT2D eigenvalue weighted by molar-refractivity contribution is 6.35. The Kier molecular flexibility index (Phi) is 2.42. The number of carboxylic acid groups (broad SMARTS) is 1. The van der Waals surface area contributed by atoms with Crippen molar-refractivity contribution in [3.8, 4) is 0 Å². The molecule has 0 amide bonds. The standard InChI is InChI=1S/C14H8ClNO2/c15-10-6-5-9-7-8-3-1-2-4-11(8)16-13(9)12(10)14(17)18/h1-7H,(H,17,18). The summed E-state index contributed by atoms with van der Waals surface area (Å²) in [5.74, 6) is -1.06. The molecule has 3 aromatic rings. The Morgan fingerprint density at radius 1 is 1.11 bits per heavy atom. The van der Waals surface area contributed by atoms with Crippen LogP contribution in [-0.2, 0) is 0 Å². The molecule has 0 radical (unpaired) electrons. The number of hydrogen-bond acceptors (Lipinski definition) is 2. The number of aromatic carboxylic acids is 1. The van der Waals surface area contributed by atoms with Gasteiger partial charge < -0.3 is 5.11 Å². The third-order valence-corrected chi connectivity index (χ3v) is 3.17. The Balaban J connectivity index is 2.50. The van der Waals surface area contributed by atoms with Crippen molar-refractivity contribution in [2.24, 2.45) is 0 Å². The van der Waals surface area contributed by atoms with Gasteiger partial charge in [0, 0.05) is 10.8 Å². The van der Waals surface area contributed by atoms with Crippen LogP contribution >= 0.6 is 11.6 Å². The largest absolute Gasteiger partial charge is 0.478 e. The smallest absolute Gasteiger partial charge is 0.339 e. The molecule has 0 aliphatic rings. The van der Waals surface area contributed by atoms with Crippen LogP contribution in [0.25, 0.3) is 21.8 Å². The summed E-state index contributed by atoms with van der Waals surface area (Å²) in [5.41, 5.74) is 1.24. The highest BCUT2D eigenvalue weighted by Gasteiger charge is 2.15. The first-order valence-electron chi connectivity index (χ1n) is 5.38. The van der Waals surface area contributed by atoms with Gasteiger partial charge >= 0.3 is 5.97 Å². The molecule has 0 bridgehead atoms. The average Bonchev–Trinajstić information content (AvgIpc) is 2.36. The lowest BCUT2D eigenvalue weighted by molar-refractivity contribution is 0.0699. The van der Waals surface area contributed by atoms with Crippen molar-refractivity contribution in [2.75, 3.05) is 0 Å². The van der Waals surface area contributed by atoms with Crippen LogP contribution in [-0.4, -0.2) is 16.1 Å². The summed E-state index contributed by atoms with van der Waals surface area (Å²) < 4.78 is 0. The maximum absolute atomic E-state index is 11.2. The first kappa shape index (κ1) is 11.0. The van der Waals surface area contributed by atoms with Gasteiger partial charge in [-0.1, -0.05) is 35.9 Å². The number of carbonyl (C=O) groups is 1. The van der Waals surface area contributed by atoms with Gasteiger partial charge in [-0.25, -0.2) is 9.78 Å². The van der Waals surface area contributed by atoms with Gasteiger partial charge in [0.05, 0.1) is 16.1 Å². The molecule has 1 aromatic heterocycles. The number of aromatic nitrogens is 1. The SMILES string of the molecule is O=C(O)c1c(Cl)ccc2cc3ccccc3nc12. The Morgan fingerprint density at radius 2 is 1.89 bits per heavy atom. The summed E-state index contributed by atoms with van der Waals surface area (Å²) in [7, 11) is 0. The van der Waals surface area contributed by atoms with Gasteiger partial charge in [-0.15, -0.1) is 0 Å². The van der Waals surface area contributed by atoms with Gasteiger partial charge in [0.1, 0.15) is 5.56 Å². The van der Waals surface area contributed by atoms with E-state index in [-0.39, 0.29) is 10.6 Å². The van der Waals surface area contributed by atoms with Crippen LogP contribution in [0.1, 0.15) is 10.4 Å². The molecule has 0 saturated carbocycles. The zero-order valence-corrected chi connectivity index (χ0v) is 9.98. The van der Waals surface area contributed by atoms with Crippen molar-refractivity contribution in [2.45, 2.75) is 0 Å². The van der Waals surface area contributed by atoms with E-state index in [4.69, 9.17) is 11.6 Å². The minimum Gasteiger partial charge on any atom is -0.478 e. The molecular weight excluding hydrogens is 250 g/mol. The van der Waals surface area contributed by atoms with Crippen LogP contribution in [0.2, 0.25) is 5.02 Å². The Bertz CT molecular complexity index is 783. The first-order chi connectivity index (χ1) is 8.66. The number of carboxylic acids is 1. The van der Waals surface area contributed by atoms with E-state index in [1.165, 1.54) is 0 Å². The lowest BCUT2D eigenvalue weighted by Crippen LogP contribution is -2.00. The molecule has 88 valence electrons. The number of fused-ring (bicyclic) bond motifs is 2. The molecule has 1 N–H and O–H groups in total. The summed E-state index contributed by atoms with van der Waals surface area (Å²) in [4.78, 5) is 15.6. The minimum absolute atomic E-state index is 0.0555. The molecule has 0 fully saturated rings. The second-order valence-electron chi connectivity index (χ2n) is 3.98. The molecule has 0 aliphatic heterocycles. The van der Waals surface area contributed by atoms with Crippen LogP contribution in [0.15, 0.2) is 42.5 Å². The fraction of sp³-hybridized carbons (Fsp3) is 0. The third kappa shape index (κ3) is 1.60. The fourth-order valence-electron chi connectivity index (χ4n) is 2.02. The number of rotatable bonds is 1. The van der Waals surface area contributed by atoms with E-state index in [2.05, 4.69) is 4.98 Å². The molecule has 3 nitrogen and oxygen atoms in total. The summed E-state index contributed by atoms with van der Waals surface area (Å²) >= 11 is 5.93. The summed E-state index contributed by atoms with van der Waals surface area (Å²) in [6.45, 7) is 0. The van der Waals surface area contributed by atoms with Crippen molar-refractivity contribution < 1.29 is 9.90 Å². The van der Waals surface area contributed by atoms with Crippen LogP contribution in [0.5, 0.6) is 0 Å². The first-order valence-corrected chi connectivity index (χ1v) is 5.76. The van der Waals surface area contributed by atoms with Gasteiger partial charge in [0.15, 0.2) is 0 Å². The molecule has 0 aliphatic carbocycles. The lowest BCUT2D eigenvalue weighted by atomic mass is 10.1. The molecule has 1 heterocycles. The van der Waals surface area contributed by atoms with Crippen molar-refractivity contribution in [3.05, 3.63) is 53.1 Å². The zero-order valence-electron chi connectivity index (χ0n) is 9.22. The maximum atomic E-state index is 11.2. The monoisotopic (exact) mass is 257 g/mol. The number of para-hydroxylation sites is 1. The van der Waals surface area contributed by atoms with Gasteiger partial charge in [0.25, 0.3) is 0 Å². The highest BCUT2D eigenvalue weighted by atomic mass is 35.5. The van der Waals surface area contributed by atoms with Gasteiger partial charge in [-0.05, 0) is 18.2 Å². The molecular formula is C14H8ClNO2. The number of pyridine rings is 1.